The van der Waals surface area contributed by atoms with E-state index in [2.05, 4.69) is 52.4 Å². The van der Waals surface area contributed by atoms with E-state index < -0.39 is 0 Å². The van der Waals surface area contributed by atoms with Gasteiger partial charge in [-0.1, -0.05) is 22.0 Å². The van der Waals surface area contributed by atoms with Crippen LogP contribution in [0.1, 0.15) is 19.8 Å². The first-order valence-corrected chi connectivity index (χ1v) is 8.27. The van der Waals surface area contributed by atoms with Crippen LogP contribution in [0.3, 0.4) is 0 Å². The van der Waals surface area contributed by atoms with Gasteiger partial charge in [0.1, 0.15) is 0 Å². The lowest BCUT2D eigenvalue weighted by Gasteiger charge is -2.19. The zero-order chi connectivity index (χ0) is 12.8. The molecule has 2 rings (SSSR count). The van der Waals surface area contributed by atoms with E-state index in [4.69, 9.17) is 4.74 Å². The van der Waals surface area contributed by atoms with Crippen molar-refractivity contribution >= 4 is 27.7 Å². The van der Waals surface area contributed by atoms with E-state index in [1.165, 1.54) is 17.7 Å². The molecule has 1 fully saturated rings. The third-order valence-corrected chi connectivity index (χ3v) is 4.64. The van der Waals surface area contributed by atoms with Gasteiger partial charge < -0.3 is 10.1 Å². The van der Waals surface area contributed by atoms with Crippen LogP contribution in [0.25, 0.3) is 0 Å². The van der Waals surface area contributed by atoms with Gasteiger partial charge in [0.2, 0.25) is 0 Å². The van der Waals surface area contributed by atoms with Gasteiger partial charge in [0.05, 0.1) is 6.10 Å². The molecule has 0 aliphatic carbocycles. The van der Waals surface area contributed by atoms with Gasteiger partial charge in [-0.2, -0.15) is 0 Å². The molecule has 1 aromatic carbocycles. The number of hydrogen-bond donors (Lipinski definition) is 1. The normalized spacial score (nSPS) is 21.1. The van der Waals surface area contributed by atoms with Crippen LogP contribution in [-0.2, 0) is 4.74 Å². The molecule has 0 amide bonds. The van der Waals surface area contributed by atoms with Crippen molar-refractivity contribution < 1.29 is 4.74 Å². The molecule has 1 saturated heterocycles. The van der Waals surface area contributed by atoms with Crippen LogP contribution >= 0.6 is 27.7 Å². The first-order chi connectivity index (χ1) is 8.75. The van der Waals surface area contributed by atoms with E-state index in [1.807, 2.05) is 11.8 Å². The van der Waals surface area contributed by atoms with Crippen molar-refractivity contribution in [2.45, 2.75) is 36.8 Å². The van der Waals surface area contributed by atoms with E-state index in [9.17, 15) is 0 Å². The van der Waals surface area contributed by atoms with Crippen LogP contribution in [0, 0.1) is 0 Å². The van der Waals surface area contributed by atoms with Crippen LogP contribution in [0.15, 0.2) is 33.6 Å². The molecule has 0 spiro atoms. The van der Waals surface area contributed by atoms with Gasteiger partial charge in [-0.15, -0.1) is 11.8 Å². The Labute approximate surface area is 122 Å². The summed E-state index contributed by atoms with van der Waals surface area (Å²) >= 11 is 5.38. The fraction of sp³-hybridized carbons (Fsp3) is 0.571. The van der Waals surface area contributed by atoms with Crippen LogP contribution in [0.5, 0.6) is 0 Å². The maximum atomic E-state index is 5.67. The average Bonchev–Trinajstić information content (AvgIpc) is 2.88. The van der Waals surface area contributed by atoms with E-state index in [0.29, 0.717) is 12.1 Å². The Bertz CT molecular complexity index is 369. The average molecular weight is 330 g/mol. The zero-order valence-corrected chi connectivity index (χ0v) is 13.1. The van der Waals surface area contributed by atoms with Crippen molar-refractivity contribution in [2.75, 3.05) is 18.9 Å². The summed E-state index contributed by atoms with van der Waals surface area (Å²) in [5.74, 6) is 1.09. The van der Waals surface area contributed by atoms with Crippen molar-refractivity contribution in [3.63, 3.8) is 0 Å². The maximum Gasteiger partial charge on any atom is 0.0726 e. The minimum Gasteiger partial charge on any atom is -0.377 e. The lowest BCUT2D eigenvalue weighted by molar-refractivity contribution is 0.0844. The number of halogens is 1. The predicted molar refractivity (Wildman–Crippen MR) is 81.3 cm³/mol. The summed E-state index contributed by atoms with van der Waals surface area (Å²) in [5, 5.41) is 3.55. The highest BCUT2D eigenvalue weighted by atomic mass is 79.9. The topological polar surface area (TPSA) is 21.3 Å². The number of hydrogen-bond acceptors (Lipinski definition) is 3. The van der Waals surface area contributed by atoms with Crippen molar-refractivity contribution in [1.29, 1.82) is 0 Å². The smallest absolute Gasteiger partial charge is 0.0726 e. The predicted octanol–water partition coefficient (Wildman–Crippen LogP) is 3.70. The van der Waals surface area contributed by atoms with Gasteiger partial charge in [0.15, 0.2) is 0 Å². The Morgan fingerprint density at radius 1 is 1.56 bits per heavy atom. The second-order valence-corrected chi connectivity index (χ2v) is 6.68. The van der Waals surface area contributed by atoms with E-state index in [-0.39, 0.29) is 0 Å². The Hall–Kier alpha value is -0.0300. The molecule has 1 heterocycles. The summed E-state index contributed by atoms with van der Waals surface area (Å²) in [6, 6.07) is 8.92. The molecule has 0 saturated carbocycles. The van der Waals surface area contributed by atoms with Crippen molar-refractivity contribution in [1.82, 2.24) is 5.32 Å². The van der Waals surface area contributed by atoms with E-state index in [1.54, 1.807) is 0 Å². The standard InChI is InChI=1S/C14H20BrNOS/c1-11(14-6-3-8-17-14)16-7-9-18-13-5-2-4-12(15)10-13/h2,4-5,10-11,14,16H,3,6-9H2,1H3. The minimum absolute atomic E-state index is 0.417. The molecule has 1 aliphatic heterocycles. The molecule has 2 atom stereocenters. The summed E-state index contributed by atoms with van der Waals surface area (Å²) in [4.78, 5) is 1.32. The Morgan fingerprint density at radius 2 is 2.44 bits per heavy atom. The number of ether oxygens (including phenoxy) is 1. The first kappa shape index (κ1) is 14.4. The van der Waals surface area contributed by atoms with E-state index in [0.717, 1.165) is 23.4 Å². The Balaban J connectivity index is 1.63. The molecule has 18 heavy (non-hydrogen) atoms. The SMILES string of the molecule is CC(NCCSc1cccc(Br)c1)C1CCCO1. The molecule has 0 aromatic heterocycles. The number of nitrogens with one attached hydrogen (secondary N) is 1. The second-order valence-electron chi connectivity index (χ2n) is 4.60. The summed E-state index contributed by atoms with van der Waals surface area (Å²) in [6.45, 7) is 4.18. The van der Waals surface area contributed by atoms with Gasteiger partial charge in [0, 0.05) is 34.3 Å². The van der Waals surface area contributed by atoms with Crippen LogP contribution < -0.4 is 5.32 Å². The Morgan fingerprint density at radius 3 is 3.17 bits per heavy atom. The van der Waals surface area contributed by atoms with Gasteiger partial charge in [-0.05, 0) is 38.0 Å². The van der Waals surface area contributed by atoms with E-state index >= 15 is 0 Å². The highest BCUT2D eigenvalue weighted by molar-refractivity contribution is 9.10. The summed E-state index contributed by atoms with van der Waals surface area (Å²) in [5.41, 5.74) is 0. The van der Waals surface area contributed by atoms with Crippen molar-refractivity contribution in [3.05, 3.63) is 28.7 Å². The van der Waals surface area contributed by atoms with Crippen molar-refractivity contribution in [2.24, 2.45) is 0 Å². The molecule has 1 aliphatic rings. The van der Waals surface area contributed by atoms with Crippen LogP contribution in [0.2, 0.25) is 0 Å². The third kappa shape index (κ3) is 4.57. The van der Waals surface area contributed by atoms with Crippen LogP contribution in [-0.4, -0.2) is 31.1 Å². The van der Waals surface area contributed by atoms with Gasteiger partial charge in [-0.3, -0.25) is 0 Å². The van der Waals surface area contributed by atoms with Gasteiger partial charge in [0.25, 0.3) is 0 Å². The first-order valence-electron chi connectivity index (χ1n) is 6.49. The maximum absolute atomic E-state index is 5.67. The quantitative estimate of drug-likeness (QED) is 0.635. The summed E-state index contributed by atoms with van der Waals surface area (Å²) < 4.78 is 6.82. The molecule has 0 radical (unpaired) electrons. The molecule has 100 valence electrons. The molecule has 1 aromatic rings. The second kappa shape index (κ2) is 7.53. The monoisotopic (exact) mass is 329 g/mol. The fourth-order valence-electron chi connectivity index (χ4n) is 2.14. The number of thioether (sulfide) groups is 1. The number of benzene rings is 1. The van der Waals surface area contributed by atoms with Gasteiger partial charge >= 0.3 is 0 Å². The lowest BCUT2D eigenvalue weighted by Crippen LogP contribution is -2.38. The number of rotatable bonds is 6. The zero-order valence-electron chi connectivity index (χ0n) is 10.7. The fourth-order valence-corrected chi connectivity index (χ4v) is 3.53. The molecule has 2 unspecified atom stereocenters. The molecular formula is C14H20BrNOS. The third-order valence-electron chi connectivity index (χ3n) is 3.16. The minimum atomic E-state index is 0.417. The largest absolute Gasteiger partial charge is 0.377 e. The summed E-state index contributed by atoms with van der Waals surface area (Å²) in [7, 11) is 0. The van der Waals surface area contributed by atoms with Crippen molar-refractivity contribution in [3.8, 4) is 0 Å². The molecule has 0 bridgehead atoms. The van der Waals surface area contributed by atoms with Crippen LogP contribution in [0.4, 0.5) is 0 Å². The molecular weight excluding hydrogens is 310 g/mol. The highest BCUT2D eigenvalue weighted by Gasteiger charge is 2.21. The summed E-state index contributed by atoms with van der Waals surface area (Å²) in [6.07, 6.45) is 2.83. The molecule has 4 heteroatoms. The lowest BCUT2D eigenvalue weighted by atomic mass is 10.1. The molecule has 2 nitrogen and oxygen atoms in total. The highest BCUT2D eigenvalue weighted by Crippen LogP contribution is 2.21. The Kier molecular flexibility index (Phi) is 6.02. The molecule has 1 N–H and O–H groups in total. The van der Waals surface area contributed by atoms with Gasteiger partial charge in [-0.25, -0.2) is 0 Å².